The fraction of sp³-hybridized carbons (Fsp3) is 0.667. The van der Waals surface area contributed by atoms with Crippen molar-refractivity contribution >= 4 is 11.8 Å². The van der Waals surface area contributed by atoms with Gasteiger partial charge in [-0.05, 0) is 13.3 Å². The zero-order valence-electron chi connectivity index (χ0n) is 7.35. The van der Waals surface area contributed by atoms with E-state index >= 15 is 0 Å². The molecule has 0 aliphatic carbocycles. The molecule has 6 nitrogen and oxygen atoms in total. The zero-order valence-corrected chi connectivity index (χ0v) is 8.91. The van der Waals surface area contributed by atoms with Crippen LogP contribution in [-0.2, 0) is 31.5 Å². The van der Waals surface area contributed by atoms with Crippen LogP contribution in [0.3, 0.4) is 0 Å². The summed E-state index contributed by atoms with van der Waals surface area (Å²) in [6.45, 7) is 2.97. The van der Waals surface area contributed by atoms with Gasteiger partial charge in [0, 0.05) is 0 Å². The number of aliphatic carboxylic acids is 1. The van der Waals surface area contributed by atoms with Crippen LogP contribution in [0.2, 0.25) is 0 Å². The third kappa shape index (κ3) is 11.6. The van der Waals surface area contributed by atoms with Crippen LogP contribution >= 0.6 is 0 Å². The Kier molecular flexibility index (Phi) is 9.49. The maximum atomic E-state index is 10.4. The van der Waals surface area contributed by atoms with Gasteiger partial charge in [-0.25, -0.2) is 0 Å². The van der Waals surface area contributed by atoms with E-state index in [0.717, 1.165) is 0 Å². The van der Waals surface area contributed by atoms with E-state index in [9.17, 15) is 9.59 Å². The molecule has 0 aromatic heterocycles. The molecule has 0 aliphatic rings. The number of carboxylic acid groups (broad SMARTS) is 1. The van der Waals surface area contributed by atoms with Gasteiger partial charge in [-0.15, -0.1) is 0 Å². The fourth-order valence-electron chi connectivity index (χ4n) is 0.636. The molecule has 3 N–H and O–H groups in total. The quantitative estimate of drug-likeness (QED) is 0.441. The van der Waals surface area contributed by atoms with Gasteiger partial charge in [0.2, 0.25) is 0 Å². The molecule has 0 aromatic rings. The molecule has 0 bridgehead atoms. The maximum absolute atomic E-state index is 10.4. The third-order valence-electron chi connectivity index (χ3n) is 1.20. The van der Waals surface area contributed by atoms with Gasteiger partial charge in [0.15, 0.2) is 0 Å². The standard InChI is InChI=1S/C6H10O3.2H2O.O.Ti/c1-3-5(4(2)7)6(8)9;;;;/h5H,3H2,1-2H3,(H,8,9);2*1H2;;/q;;;;+2/p-2. The van der Waals surface area contributed by atoms with Crippen molar-refractivity contribution < 1.29 is 44.0 Å². The average molecular weight is 228 g/mol. The first kappa shape index (κ1) is 15.1. The van der Waals surface area contributed by atoms with E-state index in [4.69, 9.17) is 15.8 Å². The molecule has 0 saturated carbocycles. The minimum absolute atomic E-state index is 0.273. The first-order valence-corrected chi connectivity index (χ1v) is 5.51. The SMILES string of the molecule is CCC(C(C)=O)C(=O)O.[O]=[Ti]([OH])[OH]. The number of hydrogen-bond donors (Lipinski definition) is 3. The van der Waals surface area contributed by atoms with Crippen molar-refractivity contribution in [3.63, 3.8) is 0 Å². The predicted molar refractivity (Wildman–Crippen MR) is 37.2 cm³/mol. The van der Waals surface area contributed by atoms with Gasteiger partial charge < -0.3 is 5.11 Å². The van der Waals surface area contributed by atoms with Crippen molar-refractivity contribution in [2.24, 2.45) is 5.92 Å². The first-order chi connectivity index (χ1) is 5.82. The molecule has 1 atom stereocenters. The van der Waals surface area contributed by atoms with Crippen LogP contribution in [-0.4, -0.2) is 24.2 Å². The fourth-order valence-corrected chi connectivity index (χ4v) is 0.636. The monoisotopic (exact) mass is 228 g/mol. The predicted octanol–water partition coefficient (Wildman–Crippen LogP) is -0.549. The Morgan fingerprint density at radius 1 is 1.38 bits per heavy atom. The second kappa shape index (κ2) is 8.19. The van der Waals surface area contributed by atoms with Gasteiger partial charge >= 0.3 is 35.3 Å². The second-order valence-electron chi connectivity index (χ2n) is 2.19. The number of carboxylic acids is 1. The van der Waals surface area contributed by atoms with E-state index in [0.29, 0.717) is 6.42 Å². The molecule has 1 unspecified atom stereocenters. The van der Waals surface area contributed by atoms with E-state index in [1.54, 1.807) is 6.92 Å². The third-order valence-corrected chi connectivity index (χ3v) is 1.20. The van der Waals surface area contributed by atoms with Crippen molar-refractivity contribution in [1.29, 1.82) is 0 Å². The van der Waals surface area contributed by atoms with Crippen LogP contribution in [0.1, 0.15) is 20.3 Å². The average Bonchev–Trinajstić information content (AvgIpc) is 1.84. The van der Waals surface area contributed by atoms with Gasteiger partial charge in [0.05, 0.1) is 0 Å². The van der Waals surface area contributed by atoms with Crippen molar-refractivity contribution in [2.75, 3.05) is 0 Å². The summed E-state index contributed by atoms with van der Waals surface area (Å²) in [6, 6.07) is 0. The summed E-state index contributed by atoms with van der Waals surface area (Å²) < 4.78 is 23.2. The molecule has 76 valence electrons. The minimum atomic E-state index is -3.58. The summed E-state index contributed by atoms with van der Waals surface area (Å²) in [6.07, 6.45) is 0.380. The van der Waals surface area contributed by atoms with E-state index in [-0.39, 0.29) is 5.78 Å². The number of Topliss-reactive ketones (excluding diaryl/α,β-unsaturated/α-hetero) is 1. The Labute approximate surface area is 82.3 Å². The number of hydrogen-bond acceptors (Lipinski definition) is 3. The molecule has 0 amide bonds. The van der Waals surface area contributed by atoms with Crippen LogP contribution in [0.25, 0.3) is 0 Å². The van der Waals surface area contributed by atoms with Crippen LogP contribution in [0, 0.1) is 5.92 Å². The van der Waals surface area contributed by atoms with Gasteiger partial charge in [-0.1, -0.05) is 6.92 Å². The van der Waals surface area contributed by atoms with E-state index < -0.39 is 30.5 Å². The van der Waals surface area contributed by atoms with Crippen molar-refractivity contribution in [1.82, 2.24) is 0 Å². The van der Waals surface area contributed by atoms with Crippen molar-refractivity contribution in [3.05, 3.63) is 0 Å². The second-order valence-corrected chi connectivity index (χ2v) is 3.07. The Morgan fingerprint density at radius 2 is 1.69 bits per heavy atom. The normalized spacial score (nSPS) is 10.8. The van der Waals surface area contributed by atoms with Gasteiger partial charge in [-0.2, -0.15) is 0 Å². The van der Waals surface area contributed by atoms with Crippen LogP contribution in [0.4, 0.5) is 0 Å². The zero-order chi connectivity index (χ0) is 11.0. The van der Waals surface area contributed by atoms with Gasteiger partial charge in [0.25, 0.3) is 0 Å². The Bertz CT molecular complexity index is 183. The molecule has 13 heavy (non-hydrogen) atoms. The Balaban J connectivity index is 0. The van der Waals surface area contributed by atoms with E-state index in [2.05, 4.69) is 0 Å². The molecule has 0 fully saturated rings. The Morgan fingerprint density at radius 3 is 1.69 bits per heavy atom. The summed E-state index contributed by atoms with van der Waals surface area (Å²) >= 11 is -3.58. The van der Waals surface area contributed by atoms with E-state index in [1.807, 2.05) is 0 Å². The molecule has 0 heterocycles. The molecule has 0 radical (unpaired) electrons. The molecular formula is C6H12O6Ti. The van der Waals surface area contributed by atoms with Gasteiger partial charge in [-0.3, -0.25) is 9.59 Å². The topological polar surface area (TPSA) is 112 Å². The first-order valence-electron chi connectivity index (χ1n) is 3.48. The number of rotatable bonds is 3. The van der Waals surface area contributed by atoms with Crippen molar-refractivity contribution in [3.8, 4) is 0 Å². The van der Waals surface area contributed by atoms with Crippen molar-refractivity contribution in [2.45, 2.75) is 20.3 Å². The molecule has 0 spiro atoms. The summed E-state index contributed by atoms with van der Waals surface area (Å²) in [5, 5.41) is 8.32. The summed E-state index contributed by atoms with van der Waals surface area (Å²) in [5.41, 5.74) is 0. The van der Waals surface area contributed by atoms with Crippen LogP contribution in [0.15, 0.2) is 0 Å². The number of carbonyl (C=O) groups excluding carboxylic acids is 1. The summed E-state index contributed by atoms with van der Waals surface area (Å²) in [5.74, 6) is -2.10. The Hall–Kier alpha value is -0.426. The summed E-state index contributed by atoms with van der Waals surface area (Å²) in [4.78, 5) is 20.6. The molecule has 0 rings (SSSR count). The molecular weight excluding hydrogens is 216 g/mol. The van der Waals surface area contributed by atoms with E-state index in [1.165, 1.54) is 6.92 Å². The molecule has 0 aromatic carbocycles. The number of ketones is 1. The molecule has 7 heteroatoms. The number of carbonyl (C=O) groups is 2. The van der Waals surface area contributed by atoms with Gasteiger partial charge in [0.1, 0.15) is 11.7 Å². The molecule has 0 saturated heterocycles. The van der Waals surface area contributed by atoms with Crippen LogP contribution < -0.4 is 0 Å². The molecule has 0 aliphatic heterocycles. The van der Waals surface area contributed by atoms with Crippen LogP contribution in [0.5, 0.6) is 0 Å². The summed E-state index contributed by atoms with van der Waals surface area (Å²) in [7, 11) is 0.